The molecule has 12 nitrogen and oxygen atoms in total. The minimum absolute atomic E-state index is 0.0130. The Kier molecular flexibility index (Phi) is 14.0. The van der Waals surface area contributed by atoms with Gasteiger partial charge in [0.1, 0.15) is 11.5 Å². The van der Waals surface area contributed by atoms with E-state index in [2.05, 4.69) is 48.4 Å². The quantitative estimate of drug-likeness (QED) is 0.112. The lowest BCUT2D eigenvalue weighted by atomic mass is 9.91. The summed E-state index contributed by atoms with van der Waals surface area (Å²) in [5.41, 5.74) is 3.26. The summed E-state index contributed by atoms with van der Waals surface area (Å²) in [5.74, 6) is -0.852. The molecule has 2 aliphatic heterocycles. The standard InChI is InChI=1S/C48H59N7O5S/c1-5-8-22-53(23-9-6-2)48(58)44-34-54(29-28-52-26-24-51(4)25-27-52)45(49-44)42-21-19-38(46(56)50-61(59,60)41-20-18-35-14-10-11-16-37(35)31-41)32-43(42)47(57)55-33-39-17-13-12-15-36(39)30-40(55)7-3/h10-21,31-32,34,40H,5-9,22-30,33H2,1-4H3,(H,50,56)/t40-/m1/s1. The fraction of sp³-hybridized carbons (Fsp3) is 0.417. The Bertz CT molecular complexity index is 2470. The second-order valence-electron chi connectivity index (χ2n) is 16.5. The van der Waals surface area contributed by atoms with E-state index in [0.717, 1.165) is 74.7 Å². The average molecular weight is 846 g/mol. The van der Waals surface area contributed by atoms with Crippen LogP contribution in [0.5, 0.6) is 0 Å². The van der Waals surface area contributed by atoms with Gasteiger partial charge in [-0.1, -0.05) is 88.2 Å². The molecule has 13 heteroatoms. The van der Waals surface area contributed by atoms with Crippen LogP contribution in [0, 0.1) is 0 Å². The molecule has 1 aromatic heterocycles. The van der Waals surface area contributed by atoms with Gasteiger partial charge in [0.25, 0.3) is 27.7 Å². The number of carbonyl (C=O) groups excluding carboxylic acids is 3. The van der Waals surface area contributed by atoms with Crippen LogP contribution in [0.1, 0.15) is 95.2 Å². The summed E-state index contributed by atoms with van der Waals surface area (Å²) in [7, 11) is -2.16. The number of benzene rings is 4. The number of hydrogen-bond acceptors (Lipinski definition) is 8. The van der Waals surface area contributed by atoms with Crippen LogP contribution in [0.15, 0.2) is 96.0 Å². The molecule has 0 saturated carbocycles. The van der Waals surface area contributed by atoms with Crippen LogP contribution in [0.25, 0.3) is 22.2 Å². The van der Waals surface area contributed by atoms with Gasteiger partial charge in [0.15, 0.2) is 0 Å². The predicted octanol–water partition coefficient (Wildman–Crippen LogP) is 7.09. The topological polar surface area (TPSA) is 128 Å². The smallest absolute Gasteiger partial charge is 0.274 e. The largest absolute Gasteiger partial charge is 0.337 e. The third kappa shape index (κ3) is 10.1. The SMILES string of the molecule is CCCCN(CCCC)C(=O)c1cn(CCN2CCN(C)CC2)c(-c2ccc(C(=O)NS(=O)(=O)c3ccc4ccccc4c3)cc2C(=O)N2Cc3ccccc3C[C@H]2CC)n1. The maximum absolute atomic E-state index is 15.2. The minimum atomic E-state index is -4.28. The summed E-state index contributed by atoms with van der Waals surface area (Å²) < 4.78 is 31.6. The minimum Gasteiger partial charge on any atom is -0.337 e. The van der Waals surface area contributed by atoms with Gasteiger partial charge in [0.2, 0.25) is 0 Å². The lowest BCUT2D eigenvalue weighted by Gasteiger charge is -2.37. The van der Waals surface area contributed by atoms with Crippen molar-refractivity contribution in [2.45, 2.75) is 83.3 Å². The molecule has 2 aliphatic rings. The number of piperazine rings is 1. The van der Waals surface area contributed by atoms with Gasteiger partial charge in [0.05, 0.1) is 10.5 Å². The van der Waals surface area contributed by atoms with Crippen LogP contribution in [0.3, 0.4) is 0 Å². The third-order valence-electron chi connectivity index (χ3n) is 12.2. The number of imidazole rings is 1. The van der Waals surface area contributed by atoms with Crippen LogP contribution >= 0.6 is 0 Å². The maximum atomic E-state index is 15.2. The molecule has 3 heterocycles. The zero-order valence-corrected chi connectivity index (χ0v) is 36.8. The Morgan fingerprint density at radius 3 is 2.20 bits per heavy atom. The van der Waals surface area contributed by atoms with Gasteiger partial charge in [-0.3, -0.25) is 19.3 Å². The van der Waals surface area contributed by atoms with Crippen molar-refractivity contribution in [2.24, 2.45) is 0 Å². The first-order valence-corrected chi connectivity index (χ1v) is 23.3. The Morgan fingerprint density at radius 2 is 1.49 bits per heavy atom. The number of fused-ring (bicyclic) bond motifs is 2. The number of unbranched alkanes of at least 4 members (excludes halogenated alkanes) is 2. The van der Waals surface area contributed by atoms with Gasteiger partial charge >= 0.3 is 0 Å². The van der Waals surface area contributed by atoms with Crippen molar-refractivity contribution < 1.29 is 22.8 Å². The molecule has 1 saturated heterocycles. The first-order valence-electron chi connectivity index (χ1n) is 21.8. The van der Waals surface area contributed by atoms with Crippen LogP contribution in [0.2, 0.25) is 0 Å². The van der Waals surface area contributed by atoms with Gasteiger partial charge in [-0.2, -0.15) is 0 Å². The predicted molar refractivity (Wildman–Crippen MR) is 240 cm³/mol. The number of rotatable bonds is 16. The normalized spacial score (nSPS) is 16.1. The Morgan fingerprint density at radius 1 is 0.803 bits per heavy atom. The van der Waals surface area contributed by atoms with Gasteiger partial charge in [-0.25, -0.2) is 18.1 Å². The molecule has 7 rings (SSSR count). The number of amides is 3. The highest BCUT2D eigenvalue weighted by molar-refractivity contribution is 7.90. The molecular weight excluding hydrogens is 787 g/mol. The van der Waals surface area contributed by atoms with E-state index in [1.165, 1.54) is 29.8 Å². The number of sulfonamides is 1. The van der Waals surface area contributed by atoms with E-state index in [9.17, 15) is 18.0 Å². The second kappa shape index (κ2) is 19.6. The molecule has 1 atom stereocenters. The number of aromatic nitrogens is 2. The lowest BCUT2D eigenvalue weighted by molar-refractivity contribution is 0.0635. The van der Waals surface area contributed by atoms with Crippen LogP contribution in [0.4, 0.5) is 0 Å². The van der Waals surface area contributed by atoms with Crippen molar-refractivity contribution in [3.05, 3.63) is 119 Å². The van der Waals surface area contributed by atoms with Crippen molar-refractivity contribution in [3.8, 4) is 11.4 Å². The zero-order chi connectivity index (χ0) is 43.1. The first kappa shape index (κ1) is 43.7. The van der Waals surface area contributed by atoms with Gasteiger partial charge in [-0.15, -0.1) is 0 Å². The first-order chi connectivity index (χ1) is 29.5. The van der Waals surface area contributed by atoms with E-state index < -0.39 is 15.9 Å². The van der Waals surface area contributed by atoms with Crippen molar-refractivity contribution >= 4 is 38.5 Å². The number of carbonyl (C=O) groups is 3. The number of nitrogens with one attached hydrogen (secondary N) is 1. The Balaban J connectivity index is 1.30. The van der Waals surface area contributed by atoms with E-state index >= 15 is 4.79 Å². The summed E-state index contributed by atoms with van der Waals surface area (Å²) in [6, 6.07) is 24.9. The van der Waals surface area contributed by atoms with Gasteiger partial charge < -0.3 is 19.3 Å². The summed E-state index contributed by atoms with van der Waals surface area (Å²) in [6.07, 6.45) is 6.87. The number of hydrogen-bond donors (Lipinski definition) is 1. The molecule has 0 spiro atoms. The number of nitrogens with zero attached hydrogens (tertiary/aromatic N) is 6. The molecule has 322 valence electrons. The highest BCUT2D eigenvalue weighted by Gasteiger charge is 2.33. The van der Waals surface area contributed by atoms with E-state index in [1.54, 1.807) is 12.1 Å². The summed E-state index contributed by atoms with van der Waals surface area (Å²) in [5, 5.41) is 1.60. The van der Waals surface area contributed by atoms with Crippen molar-refractivity contribution in [2.75, 3.05) is 52.9 Å². The highest BCUT2D eigenvalue weighted by Crippen LogP contribution is 2.32. The van der Waals surface area contributed by atoms with Crippen LogP contribution in [-0.4, -0.2) is 114 Å². The van der Waals surface area contributed by atoms with E-state index in [-0.39, 0.29) is 33.9 Å². The van der Waals surface area contributed by atoms with Crippen molar-refractivity contribution in [1.29, 1.82) is 0 Å². The molecule has 1 N–H and O–H groups in total. The van der Waals surface area contributed by atoms with E-state index in [4.69, 9.17) is 4.98 Å². The molecule has 1 fully saturated rings. The van der Waals surface area contributed by atoms with Crippen molar-refractivity contribution in [1.82, 2.24) is 33.9 Å². The summed E-state index contributed by atoms with van der Waals surface area (Å²) >= 11 is 0. The summed E-state index contributed by atoms with van der Waals surface area (Å²) in [6.45, 7) is 12.9. The molecule has 0 unspecified atom stereocenters. The Labute approximate surface area is 360 Å². The summed E-state index contributed by atoms with van der Waals surface area (Å²) in [4.78, 5) is 56.9. The average Bonchev–Trinajstić information content (AvgIpc) is 3.71. The molecule has 61 heavy (non-hydrogen) atoms. The molecular formula is C48H59N7O5S. The molecule has 0 radical (unpaired) electrons. The lowest BCUT2D eigenvalue weighted by Crippen LogP contribution is -2.45. The molecule has 3 amide bonds. The third-order valence-corrected chi connectivity index (χ3v) is 13.5. The van der Waals surface area contributed by atoms with E-state index in [0.29, 0.717) is 56.1 Å². The monoisotopic (exact) mass is 845 g/mol. The fourth-order valence-corrected chi connectivity index (χ4v) is 9.39. The van der Waals surface area contributed by atoms with Crippen molar-refractivity contribution in [3.63, 3.8) is 0 Å². The second-order valence-corrected chi connectivity index (χ2v) is 18.1. The fourth-order valence-electron chi connectivity index (χ4n) is 8.38. The molecule has 4 aromatic carbocycles. The van der Waals surface area contributed by atoms with Crippen LogP contribution < -0.4 is 4.72 Å². The zero-order valence-electron chi connectivity index (χ0n) is 36.0. The van der Waals surface area contributed by atoms with Gasteiger partial charge in [0, 0.05) is 82.3 Å². The maximum Gasteiger partial charge on any atom is 0.274 e. The Hall–Kier alpha value is -5.37. The van der Waals surface area contributed by atoms with E-state index in [1.807, 2.05) is 63.0 Å². The van der Waals surface area contributed by atoms with Crippen LogP contribution in [-0.2, 0) is 29.5 Å². The molecule has 5 aromatic rings. The highest BCUT2D eigenvalue weighted by atomic mass is 32.2. The molecule has 0 bridgehead atoms. The van der Waals surface area contributed by atoms with Gasteiger partial charge in [-0.05, 0) is 85.0 Å². The molecule has 0 aliphatic carbocycles. The number of likely N-dealkylation sites (N-methyl/N-ethyl adjacent to an activating group) is 1.